The molecule has 0 fully saturated rings. The molecule has 0 radical (unpaired) electrons. The second kappa shape index (κ2) is 8.49. The van der Waals surface area contributed by atoms with E-state index in [1.807, 2.05) is 6.07 Å². The molecule has 2 N–H and O–H groups in total. The molecule has 6 heteroatoms. The number of hydrogen-bond donors (Lipinski definition) is 2. The van der Waals surface area contributed by atoms with E-state index in [4.69, 9.17) is 4.74 Å². The number of fused-ring (bicyclic) bond motifs is 1. The number of nitrogens with one attached hydrogen (secondary N) is 2. The van der Waals surface area contributed by atoms with Gasteiger partial charge in [0.05, 0.1) is 13.0 Å². The molecule has 1 heterocycles. The van der Waals surface area contributed by atoms with Crippen molar-refractivity contribution in [1.29, 1.82) is 0 Å². The predicted molar refractivity (Wildman–Crippen MR) is 101 cm³/mol. The van der Waals surface area contributed by atoms with Crippen molar-refractivity contribution >= 4 is 22.8 Å². The predicted octanol–water partition coefficient (Wildman–Crippen LogP) is 3.39. The fraction of sp³-hybridized carbons (Fsp3) is 0.238. The highest BCUT2D eigenvalue weighted by molar-refractivity contribution is 5.94. The van der Waals surface area contributed by atoms with Crippen molar-refractivity contribution in [2.75, 3.05) is 13.2 Å². The molecule has 0 saturated carbocycles. The van der Waals surface area contributed by atoms with Gasteiger partial charge in [0.2, 0.25) is 0 Å². The van der Waals surface area contributed by atoms with Gasteiger partial charge in [-0.3, -0.25) is 9.59 Å². The van der Waals surface area contributed by atoms with Gasteiger partial charge >= 0.3 is 5.97 Å². The molecule has 5 nitrogen and oxygen atoms in total. The summed E-state index contributed by atoms with van der Waals surface area (Å²) in [7, 11) is 0. The standard InChI is InChI=1S/C21H21FN2O3/c1-2-27-20(25)13-17-16-12-15(22)8-9-18(16)24-19(17)10-11-23-21(26)14-6-4-3-5-7-14/h3-9,12,24H,2,10-11,13H2,1H3,(H,23,26). The summed E-state index contributed by atoms with van der Waals surface area (Å²) < 4.78 is 18.7. The van der Waals surface area contributed by atoms with Gasteiger partial charge in [-0.2, -0.15) is 0 Å². The van der Waals surface area contributed by atoms with Crippen molar-refractivity contribution in [3.8, 4) is 0 Å². The minimum absolute atomic E-state index is 0.0548. The Labute approximate surface area is 156 Å². The maximum absolute atomic E-state index is 13.7. The van der Waals surface area contributed by atoms with Gasteiger partial charge in [0.15, 0.2) is 0 Å². The Bertz CT molecular complexity index is 951. The van der Waals surface area contributed by atoms with E-state index in [-0.39, 0.29) is 30.7 Å². The van der Waals surface area contributed by atoms with Crippen molar-refractivity contribution in [2.24, 2.45) is 0 Å². The van der Waals surface area contributed by atoms with Crippen LogP contribution in [0.1, 0.15) is 28.5 Å². The molecule has 0 aliphatic rings. The Morgan fingerprint density at radius 1 is 1.15 bits per heavy atom. The van der Waals surface area contributed by atoms with Crippen LogP contribution >= 0.6 is 0 Å². The second-order valence-corrected chi connectivity index (χ2v) is 6.13. The van der Waals surface area contributed by atoms with Gasteiger partial charge in [0.25, 0.3) is 5.91 Å². The van der Waals surface area contributed by atoms with Gasteiger partial charge in [0.1, 0.15) is 5.82 Å². The van der Waals surface area contributed by atoms with Gasteiger partial charge in [0, 0.05) is 35.1 Å². The average molecular weight is 368 g/mol. The normalized spacial score (nSPS) is 10.7. The van der Waals surface area contributed by atoms with Crippen LogP contribution in [0.5, 0.6) is 0 Å². The van der Waals surface area contributed by atoms with Crippen molar-refractivity contribution in [3.05, 3.63) is 71.2 Å². The smallest absolute Gasteiger partial charge is 0.310 e. The monoisotopic (exact) mass is 368 g/mol. The number of ether oxygens (including phenoxy) is 1. The number of esters is 1. The molecular weight excluding hydrogens is 347 g/mol. The second-order valence-electron chi connectivity index (χ2n) is 6.13. The molecular formula is C21H21FN2O3. The number of H-pyrrole nitrogens is 1. The van der Waals surface area contributed by atoms with E-state index in [1.165, 1.54) is 12.1 Å². The maximum Gasteiger partial charge on any atom is 0.310 e. The zero-order valence-corrected chi connectivity index (χ0v) is 15.0. The molecule has 3 aromatic rings. The van der Waals surface area contributed by atoms with Crippen LogP contribution in [-0.2, 0) is 22.4 Å². The Morgan fingerprint density at radius 2 is 1.93 bits per heavy atom. The van der Waals surface area contributed by atoms with Crippen LogP contribution < -0.4 is 5.32 Å². The number of hydrogen-bond acceptors (Lipinski definition) is 3. The maximum atomic E-state index is 13.7. The van der Waals surface area contributed by atoms with Crippen molar-refractivity contribution in [2.45, 2.75) is 19.8 Å². The first-order valence-corrected chi connectivity index (χ1v) is 8.86. The van der Waals surface area contributed by atoms with Crippen LogP contribution in [0.2, 0.25) is 0 Å². The molecule has 0 saturated heterocycles. The molecule has 0 spiro atoms. The number of aromatic nitrogens is 1. The van der Waals surface area contributed by atoms with Crippen molar-refractivity contribution in [3.63, 3.8) is 0 Å². The lowest BCUT2D eigenvalue weighted by Crippen LogP contribution is -2.26. The van der Waals surface area contributed by atoms with Gasteiger partial charge in [-0.05, 0) is 42.8 Å². The third-order valence-electron chi connectivity index (χ3n) is 4.28. The van der Waals surface area contributed by atoms with Crippen molar-refractivity contribution < 1.29 is 18.7 Å². The highest BCUT2D eigenvalue weighted by Gasteiger charge is 2.16. The molecule has 1 aromatic heterocycles. The molecule has 2 aromatic carbocycles. The minimum Gasteiger partial charge on any atom is -0.466 e. The van der Waals surface area contributed by atoms with E-state index in [2.05, 4.69) is 10.3 Å². The number of carbonyl (C=O) groups excluding carboxylic acids is 2. The number of rotatable bonds is 7. The third kappa shape index (κ3) is 4.53. The highest BCUT2D eigenvalue weighted by Crippen LogP contribution is 2.25. The third-order valence-corrected chi connectivity index (χ3v) is 4.28. The van der Waals surface area contributed by atoms with Crippen LogP contribution in [0.15, 0.2) is 48.5 Å². The summed E-state index contributed by atoms with van der Waals surface area (Å²) in [5, 5.41) is 3.52. The first-order chi connectivity index (χ1) is 13.1. The lowest BCUT2D eigenvalue weighted by molar-refractivity contribution is -0.142. The first kappa shape index (κ1) is 18.6. The van der Waals surface area contributed by atoms with Crippen molar-refractivity contribution in [1.82, 2.24) is 10.3 Å². The Kier molecular flexibility index (Phi) is 5.86. The summed E-state index contributed by atoms with van der Waals surface area (Å²) in [5.74, 6) is -0.891. The largest absolute Gasteiger partial charge is 0.466 e. The molecule has 140 valence electrons. The Hall–Kier alpha value is -3.15. The van der Waals surface area contributed by atoms with E-state index in [0.29, 0.717) is 29.5 Å². The molecule has 1 amide bonds. The summed E-state index contributed by atoms with van der Waals surface area (Å²) in [5.41, 5.74) is 2.83. The zero-order valence-electron chi connectivity index (χ0n) is 15.0. The van der Waals surface area contributed by atoms with E-state index < -0.39 is 0 Å². The fourth-order valence-electron chi connectivity index (χ4n) is 3.04. The van der Waals surface area contributed by atoms with Gasteiger partial charge in [-0.15, -0.1) is 0 Å². The van der Waals surface area contributed by atoms with E-state index in [9.17, 15) is 14.0 Å². The highest BCUT2D eigenvalue weighted by atomic mass is 19.1. The van der Waals surface area contributed by atoms with E-state index in [0.717, 1.165) is 11.2 Å². The molecule has 0 aliphatic heterocycles. The number of aromatic amines is 1. The van der Waals surface area contributed by atoms with Crippen LogP contribution in [0.25, 0.3) is 10.9 Å². The number of benzene rings is 2. The molecule has 27 heavy (non-hydrogen) atoms. The summed E-state index contributed by atoms with van der Waals surface area (Å²) >= 11 is 0. The topological polar surface area (TPSA) is 71.2 Å². The Balaban J connectivity index is 1.76. The van der Waals surface area contributed by atoms with Crippen LogP contribution in [0.4, 0.5) is 4.39 Å². The zero-order chi connectivity index (χ0) is 19.2. The summed E-state index contributed by atoms with van der Waals surface area (Å²) in [6.07, 6.45) is 0.545. The Morgan fingerprint density at radius 3 is 2.67 bits per heavy atom. The molecule has 0 aliphatic carbocycles. The van der Waals surface area contributed by atoms with Gasteiger partial charge in [-0.1, -0.05) is 18.2 Å². The summed E-state index contributed by atoms with van der Waals surface area (Å²) in [4.78, 5) is 27.3. The molecule has 0 unspecified atom stereocenters. The number of halogens is 1. The van der Waals surface area contributed by atoms with Gasteiger partial charge < -0.3 is 15.0 Å². The lowest BCUT2D eigenvalue weighted by atomic mass is 10.1. The molecule has 0 atom stereocenters. The fourth-order valence-corrected chi connectivity index (χ4v) is 3.04. The van der Waals surface area contributed by atoms with E-state index >= 15 is 0 Å². The molecule has 0 bridgehead atoms. The average Bonchev–Trinajstić information content (AvgIpc) is 2.99. The SMILES string of the molecule is CCOC(=O)Cc1c(CCNC(=O)c2ccccc2)[nH]c2ccc(F)cc12. The minimum atomic E-state index is -0.365. The number of amides is 1. The van der Waals surface area contributed by atoms with Crippen LogP contribution in [0.3, 0.4) is 0 Å². The molecule has 3 rings (SSSR count). The quantitative estimate of drug-likeness (QED) is 0.628. The van der Waals surface area contributed by atoms with Crippen LogP contribution in [0, 0.1) is 5.82 Å². The summed E-state index contributed by atoms with van der Waals surface area (Å²) in [6, 6.07) is 13.4. The number of carbonyl (C=O) groups is 2. The summed E-state index contributed by atoms with van der Waals surface area (Å²) in [6.45, 7) is 2.42. The lowest BCUT2D eigenvalue weighted by Gasteiger charge is -2.07. The van der Waals surface area contributed by atoms with E-state index in [1.54, 1.807) is 37.3 Å². The van der Waals surface area contributed by atoms with Gasteiger partial charge in [-0.25, -0.2) is 4.39 Å². The van der Waals surface area contributed by atoms with Crippen LogP contribution in [-0.4, -0.2) is 30.0 Å². The first-order valence-electron chi connectivity index (χ1n) is 8.86.